The van der Waals surface area contributed by atoms with Crippen molar-refractivity contribution in [3.05, 3.63) is 59.9 Å². The number of rotatable bonds is 22. The van der Waals surface area contributed by atoms with Gasteiger partial charge in [-0.3, -0.25) is 14.4 Å². The second-order valence-electron chi connectivity index (χ2n) is 13.8. The zero-order valence-electron chi connectivity index (χ0n) is 31.3. The molecule has 316 valence electrons. The number of urea groups is 1. The highest BCUT2D eigenvalue weighted by Gasteiger charge is 2.44. The highest BCUT2D eigenvalue weighted by atomic mass is 127. The standard InChI is InChI=1S/C37H48IN7O13/c38-30-32(51)31(50)27(19-46)58-34(30)45-18-23(43-44-45)8-5-10-28(47)40-26(17-20-11-12-21-6-1-2-7-22(21)16-20)33(52)39-15-4-3-9-24(35(53)54)41-37(57)42-25(36(55)56)13-14-29(48)49/h1-2,6-7,11-12,16,18,24-27,30-32,34,46,50-51H,3-5,8-10,13-15,17,19H2,(H,39,52)(H,40,47)(H,48,49)(H,53,54)(H,55,56)(H2,41,42,57). The molecule has 58 heavy (non-hydrogen) atoms. The number of unbranched alkanes of at least 4 members (excludes halogenated alkanes) is 1. The van der Waals surface area contributed by atoms with Crippen molar-refractivity contribution in [3.8, 4) is 0 Å². The van der Waals surface area contributed by atoms with Gasteiger partial charge >= 0.3 is 23.9 Å². The summed E-state index contributed by atoms with van der Waals surface area (Å²) >= 11 is 1.94. The summed E-state index contributed by atoms with van der Waals surface area (Å²) in [5, 5.41) is 77.8. The second kappa shape index (κ2) is 22.3. The SMILES string of the molecule is O=C(O)CCC(NC(=O)NC(CCCCNC(=O)C(Cc1ccc2ccccc2c1)NC(=O)CCCc1cn(C2OC(CO)C(O)C(O)C2I)nn1)C(=O)O)C(=O)O. The molecule has 1 aromatic heterocycles. The van der Waals surface area contributed by atoms with Gasteiger partial charge < -0.3 is 56.6 Å². The summed E-state index contributed by atoms with van der Waals surface area (Å²) in [7, 11) is 0. The molecule has 0 spiro atoms. The van der Waals surface area contributed by atoms with Crippen LogP contribution in [-0.2, 0) is 41.6 Å². The van der Waals surface area contributed by atoms with Crippen molar-refractivity contribution in [2.24, 2.45) is 0 Å². The van der Waals surface area contributed by atoms with Crippen LogP contribution in [0.1, 0.15) is 62.4 Å². The quantitative estimate of drug-likeness (QED) is 0.0367. The fraction of sp³-hybridized carbons (Fsp3) is 0.514. The van der Waals surface area contributed by atoms with Gasteiger partial charge in [0.2, 0.25) is 11.8 Å². The van der Waals surface area contributed by atoms with Crippen LogP contribution in [0.5, 0.6) is 0 Å². The van der Waals surface area contributed by atoms with Crippen LogP contribution in [0.25, 0.3) is 10.8 Å². The van der Waals surface area contributed by atoms with E-state index in [9.17, 15) is 54.3 Å². The molecule has 4 amide bonds. The monoisotopic (exact) mass is 925 g/mol. The molecule has 10 N–H and O–H groups in total. The number of carbonyl (C=O) groups excluding carboxylic acids is 3. The zero-order valence-corrected chi connectivity index (χ0v) is 33.4. The highest BCUT2D eigenvalue weighted by molar-refractivity contribution is 14.1. The molecule has 1 saturated heterocycles. The number of nitrogens with one attached hydrogen (secondary N) is 4. The molecule has 1 aliphatic heterocycles. The molecular formula is C37H48IN7O13. The van der Waals surface area contributed by atoms with Crippen molar-refractivity contribution in [1.82, 2.24) is 36.3 Å². The Balaban J connectivity index is 1.30. The van der Waals surface area contributed by atoms with E-state index in [1.54, 1.807) is 6.20 Å². The van der Waals surface area contributed by atoms with E-state index in [4.69, 9.17) is 9.84 Å². The molecule has 4 rings (SSSR count). The van der Waals surface area contributed by atoms with Crippen molar-refractivity contribution in [3.63, 3.8) is 0 Å². The van der Waals surface area contributed by atoms with E-state index in [1.807, 2.05) is 65.1 Å². The average molecular weight is 926 g/mol. The van der Waals surface area contributed by atoms with Crippen molar-refractivity contribution in [1.29, 1.82) is 0 Å². The van der Waals surface area contributed by atoms with E-state index >= 15 is 0 Å². The van der Waals surface area contributed by atoms with Crippen molar-refractivity contribution in [2.75, 3.05) is 13.2 Å². The predicted molar refractivity (Wildman–Crippen MR) is 212 cm³/mol. The minimum Gasteiger partial charge on any atom is -0.481 e. The number of benzene rings is 2. The predicted octanol–water partition coefficient (Wildman–Crippen LogP) is 0.254. The number of aliphatic hydroxyl groups is 3. The van der Waals surface area contributed by atoms with Crippen LogP contribution in [0.2, 0.25) is 0 Å². The molecule has 1 aliphatic rings. The minimum absolute atomic E-state index is 0.0462. The summed E-state index contributed by atoms with van der Waals surface area (Å²) in [5.41, 5.74) is 1.34. The Labute approximate surface area is 345 Å². The molecule has 21 heteroatoms. The summed E-state index contributed by atoms with van der Waals surface area (Å²) in [4.78, 5) is 72.9. The number of aliphatic hydroxyl groups excluding tert-OH is 3. The molecule has 0 aliphatic carbocycles. The number of amides is 4. The maximum absolute atomic E-state index is 13.5. The van der Waals surface area contributed by atoms with E-state index in [-0.39, 0.29) is 38.1 Å². The van der Waals surface area contributed by atoms with E-state index in [2.05, 4.69) is 31.6 Å². The summed E-state index contributed by atoms with van der Waals surface area (Å²) in [6.45, 7) is -0.383. The number of aliphatic carboxylic acids is 3. The van der Waals surface area contributed by atoms with Crippen LogP contribution in [-0.4, -0.2) is 135 Å². The number of hydrogen-bond donors (Lipinski definition) is 10. The Morgan fingerprint density at radius 2 is 1.52 bits per heavy atom. The van der Waals surface area contributed by atoms with Crippen molar-refractivity contribution >= 4 is 69.1 Å². The lowest BCUT2D eigenvalue weighted by atomic mass is 10.0. The van der Waals surface area contributed by atoms with Gasteiger partial charge in [0.15, 0.2) is 6.23 Å². The normalized spacial score (nSPS) is 20.7. The van der Waals surface area contributed by atoms with Gasteiger partial charge in [-0.1, -0.05) is 70.3 Å². The Morgan fingerprint density at radius 1 is 0.828 bits per heavy atom. The Morgan fingerprint density at radius 3 is 2.19 bits per heavy atom. The first-order valence-electron chi connectivity index (χ1n) is 18.6. The largest absolute Gasteiger partial charge is 0.481 e. The van der Waals surface area contributed by atoms with Gasteiger partial charge in [-0.15, -0.1) is 5.10 Å². The first kappa shape index (κ1) is 45.7. The first-order valence-corrected chi connectivity index (χ1v) is 19.9. The van der Waals surface area contributed by atoms with Gasteiger partial charge in [0.25, 0.3) is 0 Å². The van der Waals surface area contributed by atoms with Gasteiger partial charge in [-0.25, -0.2) is 19.1 Å². The number of aromatic nitrogens is 3. The third-order valence-corrected chi connectivity index (χ3v) is 10.8. The maximum atomic E-state index is 13.5. The van der Waals surface area contributed by atoms with E-state index < -0.39 is 95.9 Å². The lowest BCUT2D eigenvalue weighted by Gasteiger charge is -2.39. The molecular weight excluding hydrogens is 877 g/mol. The fourth-order valence-electron chi connectivity index (χ4n) is 6.28. The number of alkyl halides is 1. The highest BCUT2D eigenvalue weighted by Crippen LogP contribution is 2.33. The number of halogens is 1. The number of hydrogen-bond acceptors (Lipinski definition) is 12. The number of ether oxygens (including phenoxy) is 1. The van der Waals surface area contributed by atoms with Crippen LogP contribution >= 0.6 is 22.6 Å². The molecule has 2 heterocycles. The van der Waals surface area contributed by atoms with Crippen molar-refractivity contribution in [2.45, 2.75) is 104 Å². The Kier molecular flexibility index (Phi) is 17.5. The van der Waals surface area contributed by atoms with Crippen LogP contribution in [0.4, 0.5) is 4.79 Å². The summed E-state index contributed by atoms with van der Waals surface area (Å²) < 4.78 is 6.55. The molecule has 0 bridgehead atoms. The summed E-state index contributed by atoms with van der Waals surface area (Å²) in [6.07, 6.45) is -2.14. The van der Waals surface area contributed by atoms with Gasteiger partial charge in [-0.05, 0) is 54.9 Å². The summed E-state index contributed by atoms with van der Waals surface area (Å²) in [6, 6.07) is 8.46. The first-order chi connectivity index (χ1) is 27.7. The number of carbonyl (C=O) groups is 6. The van der Waals surface area contributed by atoms with Gasteiger partial charge in [0, 0.05) is 25.8 Å². The van der Waals surface area contributed by atoms with Crippen molar-refractivity contribution < 1.29 is 64.1 Å². The van der Waals surface area contributed by atoms with Crippen LogP contribution in [0.15, 0.2) is 48.7 Å². The van der Waals surface area contributed by atoms with Crippen LogP contribution < -0.4 is 21.3 Å². The number of aryl methyl sites for hydroxylation is 1. The fourth-order valence-corrected chi connectivity index (χ4v) is 7.20. The molecule has 0 saturated carbocycles. The van der Waals surface area contributed by atoms with E-state index in [0.717, 1.165) is 16.3 Å². The topological polar surface area (TPSA) is 312 Å². The van der Waals surface area contributed by atoms with Gasteiger partial charge in [0.05, 0.1) is 28.5 Å². The molecule has 20 nitrogen and oxygen atoms in total. The van der Waals surface area contributed by atoms with Gasteiger partial charge in [0.1, 0.15) is 30.3 Å². The van der Waals surface area contributed by atoms with Crippen LogP contribution in [0, 0.1) is 0 Å². The number of nitrogens with zero attached hydrogens (tertiary/aromatic N) is 3. The Bertz CT molecular complexity index is 1900. The third-order valence-electron chi connectivity index (χ3n) is 9.46. The maximum Gasteiger partial charge on any atom is 0.326 e. The molecule has 3 aromatic rings. The lowest BCUT2D eigenvalue weighted by Crippen LogP contribution is -2.54. The van der Waals surface area contributed by atoms with Crippen LogP contribution in [0.3, 0.4) is 0 Å². The zero-order chi connectivity index (χ0) is 42.4. The molecule has 8 atom stereocenters. The lowest BCUT2D eigenvalue weighted by molar-refractivity contribution is -0.196. The molecule has 2 aromatic carbocycles. The minimum atomic E-state index is -1.54. The smallest absolute Gasteiger partial charge is 0.326 e. The Hall–Kier alpha value is -4.97. The average Bonchev–Trinajstić information content (AvgIpc) is 3.66. The number of carboxylic acid groups (broad SMARTS) is 3. The number of fused-ring (bicyclic) bond motifs is 1. The molecule has 0 radical (unpaired) electrons. The third kappa shape index (κ3) is 13.6. The number of carboxylic acids is 3. The molecule has 8 unspecified atom stereocenters. The van der Waals surface area contributed by atoms with Gasteiger partial charge in [-0.2, -0.15) is 0 Å². The second-order valence-corrected chi connectivity index (χ2v) is 15.3. The molecule has 1 fully saturated rings. The van der Waals surface area contributed by atoms with E-state index in [1.165, 1.54) is 4.68 Å². The van der Waals surface area contributed by atoms with E-state index in [0.29, 0.717) is 25.0 Å². The summed E-state index contributed by atoms with van der Waals surface area (Å²) in [5.74, 6) is -4.96.